The van der Waals surface area contributed by atoms with Crippen molar-refractivity contribution < 1.29 is 4.74 Å². The molecule has 5 nitrogen and oxygen atoms in total. The highest BCUT2D eigenvalue weighted by Crippen LogP contribution is 2.37. The average molecular weight is 432 g/mol. The third-order valence-electron chi connectivity index (χ3n) is 5.06. The molecule has 2 aliphatic rings. The van der Waals surface area contributed by atoms with Gasteiger partial charge in [-0.25, -0.2) is 0 Å². The van der Waals surface area contributed by atoms with Crippen LogP contribution in [0, 0.1) is 5.41 Å². The first-order valence-electron chi connectivity index (χ1n) is 8.36. The zero-order valence-corrected chi connectivity index (χ0v) is 16.6. The molecule has 6 heteroatoms. The van der Waals surface area contributed by atoms with Crippen LogP contribution in [0.2, 0.25) is 0 Å². The predicted molar refractivity (Wildman–Crippen MR) is 104 cm³/mol. The maximum atomic E-state index is 5.77. The number of likely N-dealkylation sites (tertiary alicyclic amines) is 1. The van der Waals surface area contributed by atoms with Crippen LogP contribution in [-0.2, 0) is 18.3 Å². The topological polar surface area (TPSA) is 41.8 Å². The molecule has 130 valence electrons. The van der Waals surface area contributed by atoms with Crippen LogP contribution in [-0.4, -0.2) is 48.8 Å². The molecule has 1 atom stereocenters. The summed E-state index contributed by atoms with van der Waals surface area (Å²) in [7, 11) is 3.96. The molecule has 2 aliphatic heterocycles. The first kappa shape index (κ1) is 18.6. The lowest BCUT2D eigenvalue weighted by molar-refractivity contribution is -0.0370. The van der Waals surface area contributed by atoms with Crippen molar-refractivity contribution in [1.82, 2.24) is 14.8 Å². The average Bonchev–Trinajstić information content (AvgIpc) is 2.94. The number of aryl methyl sites for hydroxylation is 1. The van der Waals surface area contributed by atoms with E-state index in [-0.39, 0.29) is 24.0 Å². The summed E-state index contributed by atoms with van der Waals surface area (Å²) in [6, 6.07) is 4.22. The molecule has 1 aromatic heterocycles. The van der Waals surface area contributed by atoms with Crippen LogP contribution < -0.4 is 5.32 Å². The van der Waals surface area contributed by atoms with E-state index in [1.54, 1.807) is 0 Å². The smallest absolute Gasteiger partial charge is 0.193 e. The Morgan fingerprint density at radius 1 is 1.39 bits per heavy atom. The van der Waals surface area contributed by atoms with Gasteiger partial charge in [-0.1, -0.05) is 0 Å². The predicted octanol–water partition coefficient (Wildman–Crippen LogP) is 2.61. The van der Waals surface area contributed by atoms with E-state index in [0.717, 1.165) is 38.8 Å². The molecule has 0 aromatic carbocycles. The molecule has 0 radical (unpaired) electrons. The van der Waals surface area contributed by atoms with Crippen LogP contribution in [0.1, 0.15) is 31.4 Å². The van der Waals surface area contributed by atoms with Crippen molar-refractivity contribution in [3.05, 3.63) is 24.0 Å². The Labute approximate surface area is 156 Å². The number of guanidine groups is 1. The fraction of sp³-hybridized carbons (Fsp3) is 0.706. The van der Waals surface area contributed by atoms with Crippen LogP contribution in [0.25, 0.3) is 0 Å². The number of ether oxygens (including phenoxy) is 1. The summed E-state index contributed by atoms with van der Waals surface area (Å²) >= 11 is 0. The van der Waals surface area contributed by atoms with Crippen LogP contribution >= 0.6 is 24.0 Å². The van der Waals surface area contributed by atoms with Crippen molar-refractivity contribution in [2.45, 2.75) is 32.2 Å². The number of hydrogen-bond acceptors (Lipinski definition) is 2. The van der Waals surface area contributed by atoms with Gasteiger partial charge >= 0.3 is 0 Å². The minimum Gasteiger partial charge on any atom is -0.381 e. The molecule has 1 aromatic rings. The van der Waals surface area contributed by atoms with Crippen LogP contribution in [0.3, 0.4) is 0 Å². The number of aromatic nitrogens is 1. The van der Waals surface area contributed by atoms with Gasteiger partial charge in [0.1, 0.15) is 0 Å². The van der Waals surface area contributed by atoms with Crippen molar-refractivity contribution in [3.8, 4) is 0 Å². The Morgan fingerprint density at radius 3 is 2.87 bits per heavy atom. The van der Waals surface area contributed by atoms with Gasteiger partial charge in [-0.15, -0.1) is 24.0 Å². The highest BCUT2D eigenvalue weighted by molar-refractivity contribution is 14.0. The van der Waals surface area contributed by atoms with Gasteiger partial charge in [0.15, 0.2) is 5.96 Å². The summed E-state index contributed by atoms with van der Waals surface area (Å²) in [5.41, 5.74) is 1.62. The Bertz CT molecular complexity index is 517. The molecular formula is C17H29IN4O. The van der Waals surface area contributed by atoms with Crippen LogP contribution in [0.15, 0.2) is 23.3 Å². The van der Waals surface area contributed by atoms with Crippen LogP contribution in [0.4, 0.5) is 0 Å². The summed E-state index contributed by atoms with van der Waals surface area (Å²) in [4.78, 5) is 6.92. The Balaban J connectivity index is 0.00000192. The fourth-order valence-corrected chi connectivity index (χ4v) is 3.80. The molecule has 3 rings (SSSR count). The van der Waals surface area contributed by atoms with E-state index in [9.17, 15) is 0 Å². The molecule has 0 aliphatic carbocycles. The van der Waals surface area contributed by atoms with E-state index < -0.39 is 0 Å². The quantitative estimate of drug-likeness (QED) is 0.444. The van der Waals surface area contributed by atoms with E-state index in [4.69, 9.17) is 4.74 Å². The Hall–Kier alpha value is -0.760. The number of hydrogen-bond donors (Lipinski definition) is 1. The molecule has 2 fully saturated rings. The molecule has 1 N–H and O–H groups in total. The number of halogens is 1. The van der Waals surface area contributed by atoms with Crippen molar-refractivity contribution >= 4 is 29.9 Å². The summed E-state index contributed by atoms with van der Waals surface area (Å²) in [5.74, 6) is 1.02. The van der Waals surface area contributed by atoms with E-state index in [1.807, 2.05) is 7.05 Å². The Morgan fingerprint density at radius 2 is 2.22 bits per heavy atom. The third-order valence-corrected chi connectivity index (χ3v) is 5.06. The van der Waals surface area contributed by atoms with Crippen molar-refractivity contribution in [2.24, 2.45) is 17.5 Å². The molecule has 1 spiro atoms. The summed E-state index contributed by atoms with van der Waals surface area (Å²) in [6.45, 7) is 4.82. The summed E-state index contributed by atoms with van der Waals surface area (Å²) in [6.07, 6.45) is 7.09. The molecule has 3 heterocycles. The first-order valence-corrected chi connectivity index (χ1v) is 8.36. The lowest BCUT2D eigenvalue weighted by Gasteiger charge is -2.45. The van der Waals surface area contributed by atoms with Crippen molar-refractivity contribution in [3.63, 3.8) is 0 Å². The van der Waals surface area contributed by atoms with Gasteiger partial charge in [-0.05, 0) is 37.8 Å². The summed E-state index contributed by atoms with van der Waals surface area (Å²) in [5, 5.41) is 3.52. The standard InChI is InChI=1S/C17H28N4O.HI/c1-18-16(19-12-15-6-3-9-20(15)2)21-10-4-7-17(13-21)8-5-11-22-14-17;/h3,6,9H,4-5,7-8,10-14H2,1-2H3,(H,18,19);1H. The molecule has 0 saturated carbocycles. The zero-order valence-electron chi connectivity index (χ0n) is 14.3. The monoisotopic (exact) mass is 432 g/mol. The second-order valence-electron chi connectivity index (χ2n) is 6.69. The highest BCUT2D eigenvalue weighted by Gasteiger charge is 2.38. The summed E-state index contributed by atoms with van der Waals surface area (Å²) < 4.78 is 7.91. The van der Waals surface area contributed by atoms with Crippen LogP contribution in [0.5, 0.6) is 0 Å². The SMILES string of the molecule is CN=C(NCc1cccn1C)N1CCCC2(CCCOC2)C1.I. The lowest BCUT2D eigenvalue weighted by Crippen LogP contribution is -2.52. The van der Waals surface area contributed by atoms with Gasteiger partial charge in [-0.2, -0.15) is 0 Å². The molecule has 2 saturated heterocycles. The highest BCUT2D eigenvalue weighted by atomic mass is 127. The minimum atomic E-state index is 0. The molecule has 23 heavy (non-hydrogen) atoms. The molecule has 1 unspecified atom stereocenters. The molecule has 0 bridgehead atoms. The third kappa shape index (κ3) is 4.41. The van der Waals surface area contributed by atoms with Crippen molar-refractivity contribution in [2.75, 3.05) is 33.4 Å². The molecule has 0 amide bonds. The number of aliphatic imine (C=N–C) groups is 1. The van der Waals surface area contributed by atoms with Gasteiger partial charge < -0.3 is 19.5 Å². The van der Waals surface area contributed by atoms with E-state index in [0.29, 0.717) is 5.41 Å². The maximum absolute atomic E-state index is 5.77. The van der Waals surface area contributed by atoms with Gasteiger partial charge in [0.25, 0.3) is 0 Å². The fourth-order valence-electron chi connectivity index (χ4n) is 3.80. The van der Waals surface area contributed by atoms with E-state index in [2.05, 4.69) is 45.2 Å². The number of piperidine rings is 1. The van der Waals surface area contributed by atoms with Gasteiger partial charge in [0.2, 0.25) is 0 Å². The lowest BCUT2D eigenvalue weighted by atomic mass is 9.76. The normalized spacial score (nSPS) is 25.3. The molecular weight excluding hydrogens is 403 g/mol. The number of nitrogens with one attached hydrogen (secondary N) is 1. The largest absolute Gasteiger partial charge is 0.381 e. The second-order valence-corrected chi connectivity index (χ2v) is 6.69. The maximum Gasteiger partial charge on any atom is 0.193 e. The van der Waals surface area contributed by atoms with Gasteiger partial charge in [0.05, 0.1) is 13.2 Å². The van der Waals surface area contributed by atoms with E-state index >= 15 is 0 Å². The number of nitrogens with zero attached hydrogens (tertiary/aromatic N) is 3. The van der Waals surface area contributed by atoms with Crippen molar-refractivity contribution in [1.29, 1.82) is 0 Å². The van der Waals surface area contributed by atoms with E-state index in [1.165, 1.54) is 31.4 Å². The van der Waals surface area contributed by atoms with Gasteiger partial charge in [-0.3, -0.25) is 4.99 Å². The van der Waals surface area contributed by atoms with Gasteiger partial charge in [0, 0.05) is 51.1 Å². The zero-order chi connectivity index (χ0) is 15.4. The second kappa shape index (κ2) is 8.37. The Kier molecular flexibility index (Phi) is 6.76. The first-order chi connectivity index (χ1) is 10.7. The minimum absolute atomic E-state index is 0. The number of rotatable bonds is 2.